The molecule has 0 radical (unpaired) electrons. The summed E-state index contributed by atoms with van der Waals surface area (Å²) < 4.78 is 0. The molecule has 1 N–H and O–H groups in total. The van der Waals surface area contributed by atoms with Crippen molar-refractivity contribution in [2.45, 2.75) is 39.5 Å². The van der Waals surface area contributed by atoms with Crippen LogP contribution < -0.4 is 4.90 Å². The number of benzene rings is 2. The van der Waals surface area contributed by atoms with E-state index >= 15 is 0 Å². The smallest absolute Gasteiger partial charge is 0.307 e. The molecule has 2 heterocycles. The molecule has 4 rings (SSSR count). The SMILES string of the molecule is Cc1ccc2c(c1)N(CC(C)CN1CCCC(C(=O)O)C1)c1ccccc1CC2. The van der Waals surface area contributed by atoms with Crippen molar-refractivity contribution in [1.82, 2.24) is 4.90 Å². The first-order chi connectivity index (χ1) is 14.0. The van der Waals surface area contributed by atoms with Crippen LogP contribution in [0.15, 0.2) is 42.5 Å². The number of carboxylic acids is 1. The molecular formula is C25H32N2O2. The molecule has 0 amide bonds. The standard InChI is InChI=1S/C25H32N2O2/c1-18-9-10-21-12-11-20-6-3-4-8-23(20)27(24(21)14-18)16-19(2)15-26-13-5-7-22(17-26)25(28)29/h3-4,6,8-10,14,19,22H,5,7,11-13,15-17H2,1-2H3,(H,28,29). The third-order valence-corrected chi connectivity index (χ3v) is 6.40. The highest BCUT2D eigenvalue weighted by atomic mass is 16.4. The highest BCUT2D eigenvalue weighted by Gasteiger charge is 2.27. The minimum atomic E-state index is -0.645. The molecule has 2 aromatic carbocycles. The van der Waals surface area contributed by atoms with E-state index in [4.69, 9.17) is 0 Å². The number of likely N-dealkylation sites (tertiary alicyclic amines) is 1. The number of carbonyl (C=O) groups is 1. The third kappa shape index (κ3) is 4.48. The van der Waals surface area contributed by atoms with Crippen LogP contribution in [0.3, 0.4) is 0 Å². The van der Waals surface area contributed by atoms with Gasteiger partial charge in [-0.15, -0.1) is 0 Å². The molecule has 29 heavy (non-hydrogen) atoms. The van der Waals surface area contributed by atoms with Crippen LogP contribution in [0.5, 0.6) is 0 Å². The molecular weight excluding hydrogens is 360 g/mol. The van der Waals surface area contributed by atoms with Crippen molar-refractivity contribution in [2.24, 2.45) is 11.8 Å². The Bertz CT molecular complexity index is 879. The number of aliphatic carboxylic acids is 1. The zero-order valence-corrected chi connectivity index (χ0v) is 17.6. The van der Waals surface area contributed by atoms with Gasteiger partial charge in [0.25, 0.3) is 0 Å². The maximum atomic E-state index is 11.4. The van der Waals surface area contributed by atoms with Gasteiger partial charge in [-0.2, -0.15) is 0 Å². The largest absolute Gasteiger partial charge is 0.481 e. The first kappa shape index (κ1) is 20.0. The van der Waals surface area contributed by atoms with Crippen molar-refractivity contribution in [3.8, 4) is 0 Å². The van der Waals surface area contributed by atoms with Gasteiger partial charge in [-0.3, -0.25) is 4.79 Å². The van der Waals surface area contributed by atoms with Gasteiger partial charge in [-0.05, 0) is 73.9 Å². The van der Waals surface area contributed by atoms with Crippen LogP contribution in [-0.4, -0.2) is 42.2 Å². The molecule has 2 aliphatic heterocycles. The van der Waals surface area contributed by atoms with E-state index in [9.17, 15) is 9.90 Å². The van der Waals surface area contributed by atoms with Crippen molar-refractivity contribution in [1.29, 1.82) is 0 Å². The highest BCUT2D eigenvalue weighted by molar-refractivity contribution is 5.72. The van der Waals surface area contributed by atoms with Gasteiger partial charge in [0.15, 0.2) is 0 Å². The minimum Gasteiger partial charge on any atom is -0.481 e. The molecule has 4 heteroatoms. The van der Waals surface area contributed by atoms with Crippen molar-refractivity contribution < 1.29 is 9.90 Å². The number of hydrogen-bond donors (Lipinski definition) is 1. The van der Waals surface area contributed by atoms with Gasteiger partial charge in [-0.1, -0.05) is 37.3 Å². The Balaban J connectivity index is 1.56. The van der Waals surface area contributed by atoms with E-state index in [2.05, 4.69) is 66.1 Å². The number of hydrogen-bond acceptors (Lipinski definition) is 3. The normalized spacial score (nSPS) is 20.5. The first-order valence-electron chi connectivity index (χ1n) is 10.9. The van der Waals surface area contributed by atoms with E-state index in [-0.39, 0.29) is 5.92 Å². The fraction of sp³-hybridized carbons (Fsp3) is 0.480. The lowest BCUT2D eigenvalue weighted by molar-refractivity contribution is -0.143. The van der Waals surface area contributed by atoms with Crippen LogP contribution in [0.2, 0.25) is 0 Å². The van der Waals surface area contributed by atoms with Crippen LogP contribution in [0.25, 0.3) is 0 Å². The van der Waals surface area contributed by atoms with Crippen molar-refractivity contribution >= 4 is 17.3 Å². The summed E-state index contributed by atoms with van der Waals surface area (Å²) >= 11 is 0. The number of carboxylic acid groups (broad SMARTS) is 1. The van der Waals surface area contributed by atoms with Gasteiger partial charge < -0.3 is 14.9 Å². The van der Waals surface area contributed by atoms with Crippen LogP contribution in [0.1, 0.15) is 36.5 Å². The lowest BCUT2D eigenvalue weighted by Gasteiger charge is -2.35. The molecule has 2 unspecified atom stereocenters. The molecule has 0 aromatic heterocycles. The Morgan fingerprint density at radius 2 is 1.86 bits per heavy atom. The fourth-order valence-electron chi connectivity index (χ4n) is 4.95. The van der Waals surface area contributed by atoms with Crippen molar-refractivity contribution in [3.63, 3.8) is 0 Å². The minimum absolute atomic E-state index is 0.210. The first-order valence-corrected chi connectivity index (χ1v) is 10.9. The number of anilines is 2. The van der Waals surface area contributed by atoms with E-state index in [0.29, 0.717) is 12.5 Å². The number of para-hydroxylation sites is 1. The quantitative estimate of drug-likeness (QED) is 0.803. The van der Waals surface area contributed by atoms with Gasteiger partial charge in [0.1, 0.15) is 0 Å². The van der Waals surface area contributed by atoms with E-state index in [1.54, 1.807) is 0 Å². The van der Waals surface area contributed by atoms with Gasteiger partial charge in [-0.25, -0.2) is 0 Å². The van der Waals surface area contributed by atoms with Gasteiger partial charge >= 0.3 is 5.97 Å². The predicted molar refractivity (Wildman–Crippen MR) is 118 cm³/mol. The van der Waals surface area contributed by atoms with E-state index < -0.39 is 5.97 Å². The zero-order chi connectivity index (χ0) is 20.4. The van der Waals surface area contributed by atoms with Crippen LogP contribution in [0, 0.1) is 18.8 Å². The lowest BCUT2D eigenvalue weighted by Crippen LogP contribution is -2.42. The predicted octanol–water partition coefficient (Wildman–Crippen LogP) is 4.66. The van der Waals surface area contributed by atoms with Crippen LogP contribution in [-0.2, 0) is 17.6 Å². The maximum absolute atomic E-state index is 11.4. The van der Waals surface area contributed by atoms with Gasteiger partial charge in [0, 0.05) is 31.0 Å². The topological polar surface area (TPSA) is 43.8 Å². The Morgan fingerprint density at radius 1 is 1.10 bits per heavy atom. The number of aryl methyl sites for hydroxylation is 3. The molecule has 2 atom stereocenters. The number of piperidine rings is 1. The maximum Gasteiger partial charge on any atom is 0.307 e. The molecule has 0 bridgehead atoms. The third-order valence-electron chi connectivity index (χ3n) is 6.40. The van der Waals surface area contributed by atoms with Crippen LogP contribution >= 0.6 is 0 Å². The Labute approximate surface area is 174 Å². The molecule has 0 saturated carbocycles. The summed E-state index contributed by atoms with van der Waals surface area (Å²) in [6.45, 7) is 8.06. The summed E-state index contributed by atoms with van der Waals surface area (Å²) in [5, 5.41) is 9.39. The molecule has 154 valence electrons. The molecule has 1 fully saturated rings. The second-order valence-corrected chi connectivity index (χ2v) is 8.91. The summed E-state index contributed by atoms with van der Waals surface area (Å²) in [6, 6.07) is 15.6. The van der Waals surface area contributed by atoms with E-state index in [1.807, 2.05) is 0 Å². The van der Waals surface area contributed by atoms with Gasteiger partial charge in [0.2, 0.25) is 0 Å². The van der Waals surface area contributed by atoms with Gasteiger partial charge in [0.05, 0.1) is 5.92 Å². The highest BCUT2D eigenvalue weighted by Crippen LogP contribution is 2.37. The average molecular weight is 393 g/mol. The van der Waals surface area contributed by atoms with Crippen molar-refractivity contribution in [2.75, 3.05) is 31.1 Å². The zero-order valence-electron chi connectivity index (χ0n) is 17.6. The summed E-state index contributed by atoms with van der Waals surface area (Å²) in [6.07, 6.45) is 3.94. The van der Waals surface area contributed by atoms with Crippen LogP contribution in [0.4, 0.5) is 11.4 Å². The fourth-order valence-corrected chi connectivity index (χ4v) is 4.95. The second kappa shape index (κ2) is 8.58. The number of nitrogens with zero attached hydrogens (tertiary/aromatic N) is 2. The molecule has 4 nitrogen and oxygen atoms in total. The average Bonchev–Trinajstić information content (AvgIpc) is 2.85. The summed E-state index contributed by atoms with van der Waals surface area (Å²) in [4.78, 5) is 16.3. The molecule has 0 spiro atoms. The Hall–Kier alpha value is -2.33. The number of fused-ring (bicyclic) bond motifs is 2. The summed E-state index contributed by atoms with van der Waals surface area (Å²) in [5.74, 6) is -0.409. The Kier molecular flexibility index (Phi) is 5.91. The second-order valence-electron chi connectivity index (χ2n) is 8.91. The van der Waals surface area contributed by atoms with E-state index in [0.717, 1.165) is 45.3 Å². The molecule has 2 aromatic rings. The molecule has 2 aliphatic rings. The Morgan fingerprint density at radius 3 is 2.66 bits per heavy atom. The number of rotatable bonds is 5. The molecule has 1 saturated heterocycles. The summed E-state index contributed by atoms with van der Waals surface area (Å²) in [5.41, 5.74) is 6.79. The van der Waals surface area contributed by atoms with E-state index in [1.165, 1.54) is 28.1 Å². The lowest BCUT2D eigenvalue weighted by atomic mass is 9.97. The summed E-state index contributed by atoms with van der Waals surface area (Å²) in [7, 11) is 0. The molecule has 0 aliphatic carbocycles. The monoisotopic (exact) mass is 392 g/mol. The van der Waals surface area contributed by atoms with Crippen molar-refractivity contribution in [3.05, 3.63) is 59.2 Å².